The van der Waals surface area contributed by atoms with Crippen LogP contribution < -0.4 is 15.5 Å². The van der Waals surface area contributed by atoms with E-state index in [1.165, 1.54) is 20.3 Å². The minimum atomic E-state index is -2.91. The first-order valence-electron chi connectivity index (χ1n) is 19.3. The van der Waals surface area contributed by atoms with E-state index in [0.29, 0.717) is 29.6 Å². The third-order valence-electron chi connectivity index (χ3n) is 8.89. The van der Waals surface area contributed by atoms with Gasteiger partial charge in [0.1, 0.15) is 6.10 Å². The van der Waals surface area contributed by atoms with Crippen molar-refractivity contribution in [1.82, 2.24) is 0 Å². The second kappa shape index (κ2) is 21.4. The highest BCUT2D eigenvalue weighted by Crippen LogP contribution is 2.39. The summed E-state index contributed by atoms with van der Waals surface area (Å²) in [4.78, 5) is 55.4. The first kappa shape index (κ1) is 46.5. The molecule has 4 atom stereocenters. The maximum Gasteiger partial charge on any atom is 0.323 e. The normalized spacial score (nSPS) is 14.1. The number of hydrogen-bond acceptors (Lipinski definition) is 9. The summed E-state index contributed by atoms with van der Waals surface area (Å²) in [6.45, 7) is 25.8. The number of nitrogens with one attached hydrogen (secondary N) is 2. The quantitative estimate of drug-likeness (QED) is 0.0721. The van der Waals surface area contributed by atoms with Crippen molar-refractivity contribution in [3.8, 4) is 0 Å². The van der Waals surface area contributed by atoms with Gasteiger partial charge in [-0.3, -0.25) is 18.9 Å². The fourth-order valence-corrected chi connectivity index (χ4v) is 6.93. The molecule has 11 nitrogen and oxygen atoms in total. The van der Waals surface area contributed by atoms with Crippen molar-refractivity contribution in [2.24, 2.45) is 29.6 Å². The summed E-state index contributed by atoms with van der Waals surface area (Å²) in [5.41, 5.74) is 4.14. The Morgan fingerprint density at radius 3 is 1.87 bits per heavy atom. The standard InChI is InChI=1S/C42H66N3O8P/c1-14-32(22-39(47)51-41(29(8)9)52-40(48)35(28(6)7)23-38(46)31(11)53-54(12,13)50)33-17-20-37(45(24-26(2)3)25-27(4)5)36(21-33)44-42(49)43-34-18-15-30(10)16-19-34/h15-21,26-29,31-32,35,41H,14,22-25H2,1-13H3,(H2,43,44,49)/t31-,32-,35-,41?/m0/s1. The molecule has 0 saturated heterocycles. The van der Waals surface area contributed by atoms with Crippen LogP contribution in [0, 0.1) is 36.5 Å². The third-order valence-corrected chi connectivity index (χ3v) is 9.71. The van der Waals surface area contributed by atoms with E-state index < -0.39 is 37.6 Å². The third kappa shape index (κ3) is 16.0. The Kier molecular flexibility index (Phi) is 18.4. The van der Waals surface area contributed by atoms with Crippen molar-refractivity contribution in [3.63, 3.8) is 0 Å². The van der Waals surface area contributed by atoms with Gasteiger partial charge in [-0.15, -0.1) is 0 Å². The van der Waals surface area contributed by atoms with E-state index in [1.807, 2.05) is 70.2 Å². The van der Waals surface area contributed by atoms with Crippen LogP contribution in [0.4, 0.5) is 21.9 Å². The lowest BCUT2D eigenvalue weighted by Gasteiger charge is -2.31. The van der Waals surface area contributed by atoms with Gasteiger partial charge in [0.25, 0.3) is 0 Å². The van der Waals surface area contributed by atoms with Crippen LogP contribution in [0.5, 0.6) is 0 Å². The fraction of sp³-hybridized carbons (Fsp3) is 0.619. The van der Waals surface area contributed by atoms with E-state index in [-0.39, 0.29) is 42.4 Å². The Balaban J connectivity index is 2.32. The van der Waals surface area contributed by atoms with E-state index in [2.05, 4.69) is 43.2 Å². The first-order chi connectivity index (χ1) is 25.1. The number of amides is 2. The van der Waals surface area contributed by atoms with Gasteiger partial charge in [0.15, 0.2) is 13.2 Å². The molecular formula is C42H66N3O8P. The molecule has 54 heavy (non-hydrogen) atoms. The molecule has 302 valence electrons. The van der Waals surface area contributed by atoms with Crippen molar-refractivity contribution in [3.05, 3.63) is 53.6 Å². The molecule has 0 bridgehead atoms. The summed E-state index contributed by atoms with van der Waals surface area (Å²) in [5.74, 6) is -2.45. The zero-order chi connectivity index (χ0) is 40.9. The number of ketones is 1. The predicted molar refractivity (Wildman–Crippen MR) is 219 cm³/mol. The number of esters is 2. The Labute approximate surface area is 324 Å². The predicted octanol–water partition coefficient (Wildman–Crippen LogP) is 9.88. The topological polar surface area (TPSA) is 140 Å². The molecule has 2 aromatic carbocycles. The summed E-state index contributed by atoms with van der Waals surface area (Å²) in [7, 11) is -2.91. The molecule has 0 aromatic heterocycles. The summed E-state index contributed by atoms with van der Waals surface area (Å²) in [6, 6.07) is 13.1. The van der Waals surface area contributed by atoms with Gasteiger partial charge in [0, 0.05) is 44.4 Å². The minimum Gasteiger partial charge on any atom is -0.425 e. The van der Waals surface area contributed by atoms with Crippen LogP contribution in [-0.2, 0) is 32.9 Å². The molecule has 0 fully saturated rings. The highest BCUT2D eigenvalue weighted by Gasteiger charge is 2.34. The monoisotopic (exact) mass is 771 g/mol. The van der Waals surface area contributed by atoms with E-state index in [1.54, 1.807) is 13.8 Å². The summed E-state index contributed by atoms with van der Waals surface area (Å²) < 4.78 is 29.0. The van der Waals surface area contributed by atoms with Crippen LogP contribution >= 0.6 is 7.37 Å². The van der Waals surface area contributed by atoms with Crippen molar-refractivity contribution >= 4 is 48.2 Å². The highest BCUT2D eigenvalue weighted by molar-refractivity contribution is 7.57. The number of urea groups is 1. The van der Waals surface area contributed by atoms with Crippen molar-refractivity contribution in [2.45, 2.75) is 114 Å². The average Bonchev–Trinajstić information content (AvgIpc) is 3.04. The van der Waals surface area contributed by atoms with Crippen molar-refractivity contribution in [1.29, 1.82) is 0 Å². The molecule has 0 radical (unpaired) electrons. The van der Waals surface area contributed by atoms with Crippen LogP contribution in [0.1, 0.15) is 106 Å². The number of hydrogen-bond donors (Lipinski definition) is 2. The number of rotatable bonds is 21. The number of carbonyl (C=O) groups is 4. The molecule has 1 unspecified atom stereocenters. The minimum absolute atomic E-state index is 0.0162. The fourth-order valence-electron chi connectivity index (χ4n) is 6.05. The number of carbonyl (C=O) groups excluding carboxylic acids is 4. The second-order valence-electron chi connectivity index (χ2n) is 16.3. The van der Waals surface area contributed by atoms with Crippen molar-refractivity contribution in [2.75, 3.05) is 42.0 Å². The molecular weight excluding hydrogens is 705 g/mol. The zero-order valence-corrected chi connectivity index (χ0v) is 35.8. The SMILES string of the molecule is CC[C@@H](CC(=O)OC(OC(=O)[C@@H](CC(=O)[C@H](C)OP(C)(C)=O)C(C)C)C(C)C)c1ccc(N(CC(C)C)CC(C)C)c(NC(=O)Nc2ccc(C)cc2)c1. The maximum absolute atomic E-state index is 13.5. The molecule has 2 amide bonds. The smallest absolute Gasteiger partial charge is 0.323 e. The van der Waals surface area contributed by atoms with Crippen LogP contribution in [0.3, 0.4) is 0 Å². The van der Waals surface area contributed by atoms with Crippen LogP contribution in [0.25, 0.3) is 0 Å². The lowest BCUT2D eigenvalue weighted by atomic mass is 9.89. The summed E-state index contributed by atoms with van der Waals surface area (Å²) in [5, 5.41) is 6.01. The molecule has 0 aliphatic rings. The zero-order valence-electron chi connectivity index (χ0n) is 34.9. The second-order valence-corrected chi connectivity index (χ2v) is 19.0. The van der Waals surface area contributed by atoms with Gasteiger partial charge in [0.2, 0.25) is 6.29 Å². The Hall–Kier alpha value is -3.69. The molecule has 0 aliphatic carbocycles. The number of ether oxygens (including phenoxy) is 2. The molecule has 0 heterocycles. The van der Waals surface area contributed by atoms with Crippen LogP contribution in [0.15, 0.2) is 42.5 Å². The molecule has 0 aliphatic heterocycles. The van der Waals surface area contributed by atoms with Gasteiger partial charge in [0.05, 0.1) is 23.7 Å². The Bertz CT molecular complexity index is 1570. The molecule has 2 rings (SSSR count). The van der Waals surface area contributed by atoms with Crippen LogP contribution in [0.2, 0.25) is 0 Å². The number of aryl methyl sites for hydroxylation is 1. The first-order valence-corrected chi connectivity index (χ1v) is 21.8. The highest BCUT2D eigenvalue weighted by atomic mass is 31.2. The number of nitrogens with zero attached hydrogens (tertiary/aromatic N) is 1. The number of benzene rings is 2. The van der Waals surface area contributed by atoms with E-state index in [4.69, 9.17) is 14.0 Å². The van der Waals surface area contributed by atoms with Crippen LogP contribution in [-0.4, -0.2) is 62.6 Å². The lowest BCUT2D eigenvalue weighted by molar-refractivity contribution is -0.200. The molecule has 0 spiro atoms. The number of anilines is 3. The molecule has 0 saturated carbocycles. The average molecular weight is 772 g/mol. The number of Topliss-reactive ketones (excluding diaryl/α,β-unsaturated/α-hetero) is 1. The molecule has 2 N–H and O–H groups in total. The van der Waals surface area contributed by atoms with Gasteiger partial charge in [-0.2, -0.15) is 0 Å². The lowest BCUT2D eigenvalue weighted by Crippen LogP contribution is -2.35. The van der Waals surface area contributed by atoms with E-state index in [9.17, 15) is 23.7 Å². The van der Waals surface area contributed by atoms with E-state index in [0.717, 1.165) is 29.9 Å². The maximum atomic E-state index is 13.5. The van der Waals surface area contributed by atoms with Gasteiger partial charge in [-0.05, 0) is 73.8 Å². The Morgan fingerprint density at radius 2 is 1.37 bits per heavy atom. The van der Waals surface area contributed by atoms with Gasteiger partial charge >= 0.3 is 18.0 Å². The van der Waals surface area contributed by atoms with Gasteiger partial charge < -0.3 is 29.5 Å². The Morgan fingerprint density at radius 1 is 0.778 bits per heavy atom. The van der Waals surface area contributed by atoms with Gasteiger partial charge in [-0.1, -0.05) is 86.1 Å². The summed E-state index contributed by atoms with van der Waals surface area (Å²) >= 11 is 0. The molecule has 2 aromatic rings. The van der Waals surface area contributed by atoms with E-state index >= 15 is 0 Å². The van der Waals surface area contributed by atoms with Crippen molar-refractivity contribution < 1.29 is 37.7 Å². The molecule has 12 heteroatoms. The largest absolute Gasteiger partial charge is 0.425 e. The summed E-state index contributed by atoms with van der Waals surface area (Å²) in [6.07, 6.45) is -1.63. The van der Waals surface area contributed by atoms with Gasteiger partial charge in [-0.25, -0.2) is 4.79 Å².